The minimum absolute atomic E-state index is 0.168. The maximum absolute atomic E-state index is 13.2. The molecule has 1 N–H and O–H groups in total. The van der Waals surface area contributed by atoms with Crippen molar-refractivity contribution in [1.29, 1.82) is 0 Å². The quantitative estimate of drug-likeness (QED) is 0.454. The first-order chi connectivity index (χ1) is 15.0. The zero-order valence-electron chi connectivity index (χ0n) is 17.8. The van der Waals surface area contributed by atoms with Crippen molar-refractivity contribution < 1.29 is 14.3 Å². The number of para-hydroxylation sites is 1. The number of amides is 1. The molecule has 2 aromatic heterocycles. The largest absolute Gasteiger partial charge is 0.493 e. The van der Waals surface area contributed by atoms with Crippen molar-refractivity contribution in [3.05, 3.63) is 70.2 Å². The number of aryl methyl sites for hydroxylation is 1. The molecule has 158 valence electrons. The topological polar surface area (TPSA) is 73.3 Å². The predicted molar refractivity (Wildman–Crippen MR) is 123 cm³/mol. The van der Waals surface area contributed by atoms with Crippen LogP contribution in [0.5, 0.6) is 11.5 Å². The van der Waals surface area contributed by atoms with E-state index in [4.69, 9.17) is 14.5 Å². The minimum atomic E-state index is -0.200. The first kappa shape index (κ1) is 20.8. The van der Waals surface area contributed by atoms with Crippen LogP contribution in [-0.4, -0.2) is 30.1 Å². The van der Waals surface area contributed by atoms with E-state index in [1.165, 1.54) is 0 Å². The Morgan fingerprint density at radius 2 is 1.81 bits per heavy atom. The van der Waals surface area contributed by atoms with Crippen LogP contribution in [0.15, 0.2) is 53.9 Å². The van der Waals surface area contributed by atoms with Gasteiger partial charge in [0.2, 0.25) is 0 Å². The van der Waals surface area contributed by atoms with Gasteiger partial charge in [0, 0.05) is 16.3 Å². The van der Waals surface area contributed by atoms with Crippen molar-refractivity contribution in [1.82, 2.24) is 15.3 Å². The number of carbonyl (C=O) groups excluding carboxylic acids is 1. The van der Waals surface area contributed by atoms with Gasteiger partial charge in [0.05, 0.1) is 47.7 Å². The van der Waals surface area contributed by atoms with Crippen LogP contribution >= 0.6 is 11.3 Å². The molecule has 0 saturated heterocycles. The van der Waals surface area contributed by atoms with E-state index in [-0.39, 0.29) is 11.9 Å². The maximum atomic E-state index is 13.2. The third-order valence-corrected chi connectivity index (χ3v) is 5.86. The highest BCUT2D eigenvalue weighted by atomic mass is 32.1. The van der Waals surface area contributed by atoms with Crippen LogP contribution < -0.4 is 14.8 Å². The Balaban J connectivity index is 1.75. The molecule has 31 heavy (non-hydrogen) atoms. The standard InChI is InChI=1S/C24H23N3O3S/c1-14(21-13-31-15(2)26-21)25-24(28)18-12-20(27-19-8-6-5-7-17(18)19)16-9-10-22(29-3)23(11-16)30-4/h5-14H,1-4H3,(H,25,28). The summed E-state index contributed by atoms with van der Waals surface area (Å²) in [6.07, 6.45) is 0. The van der Waals surface area contributed by atoms with Crippen LogP contribution in [0.1, 0.15) is 34.0 Å². The van der Waals surface area contributed by atoms with Crippen LogP contribution in [0, 0.1) is 6.92 Å². The second-order valence-corrected chi connectivity index (χ2v) is 8.19. The lowest BCUT2D eigenvalue weighted by Gasteiger charge is -2.15. The number of hydrogen-bond donors (Lipinski definition) is 1. The number of nitrogens with one attached hydrogen (secondary N) is 1. The van der Waals surface area contributed by atoms with Crippen LogP contribution in [0.4, 0.5) is 0 Å². The van der Waals surface area contributed by atoms with E-state index in [2.05, 4.69) is 10.3 Å². The van der Waals surface area contributed by atoms with Crippen LogP contribution in [-0.2, 0) is 0 Å². The monoisotopic (exact) mass is 433 g/mol. The molecule has 7 heteroatoms. The summed E-state index contributed by atoms with van der Waals surface area (Å²) in [6, 6.07) is 14.8. The fraction of sp³-hybridized carbons (Fsp3) is 0.208. The number of hydrogen-bond acceptors (Lipinski definition) is 6. The number of ether oxygens (including phenoxy) is 2. The molecule has 1 unspecified atom stereocenters. The second-order valence-electron chi connectivity index (χ2n) is 7.13. The molecular formula is C24H23N3O3S. The number of rotatable bonds is 6. The summed E-state index contributed by atoms with van der Waals surface area (Å²) in [5.74, 6) is 1.07. The van der Waals surface area contributed by atoms with E-state index in [9.17, 15) is 4.79 Å². The molecule has 2 aromatic carbocycles. The molecule has 0 saturated carbocycles. The lowest BCUT2D eigenvalue weighted by molar-refractivity contribution is 0.0941. The van der Waals surface area contributed by atoms with Crippen molar-refractivity contribution in [3.63, 3.8) is 0 Å². The molecular weight excluding hydrogens is 410 g/mol. The number of carbonyl (C=O) groups is 1. The summed E-state index contributed by atoms with van der Waals surface area (Å²) in [5, 5.41) is 6.81. The van der Waals surface area contributed by atoms with Crippen LogP contribution in [0.3, 0.4) is 0 Å². The average molecular weight is 434 g/mol. The fourth-order valence-electron chi connectivity index (χ4n) is 3.43. The molecule has 4 rings (SSSR count). The zero-order valence-corrected chi connectivity index (χ0v) is 18.6. The van der Waals surface area contributed by atoms with Gasteiger partial charge in [-0.25, -0.2) is 9.97 Å². The van der Waals surface area contributed by atoms with Gasteiger partial charge in [0.1, 0.15) is 0 Å². The highest BCUT2D eigenvalue weighted by Crippen LogP contribution is 2.33. The number of methoxy groups -OCH3 is 2. The van der Waals surface area contributed by atoms with Crippen LogP contribution in [0.25, 0.3) is 22.2 Å². The van der Waals surface area contributed by atoms with Crippen molar-refractivity contribution >= 4 is 28.1 Å². The molecule has 1 amide bonds. The SMILES string of the molecule is COc1ccc(-c2cc(C(=O)NC(C)c3csc(C)n3)c3ccccc3n2)cc1OC. The Morgan fingerprint density at radius 1 is 1.03 bits per heavy atom. The van der Waals surface area contributed by atoms with Crippen molar-refractivity contribution in [2.45, 2.75) is 19.9 Å². The molecule has 0 bridgehead atoms. The fourth-order valence-corrected chi connectivity index (χ4v) is 4.14. The molecule has 0 aliphatic rings. The molecule has 0 aliphatic carbocycles. The average Bonchev–Trinajstić information content (AvgIpc) is 3.24. The molecule has 0 fully saturated rings. The third kappa shape index (κ3) is 4.22. The number of fused-ring (bicyclic) bond motifs is 1. The van der Waals surface area contributed by atoms with Gasteiger partial charge < -0.3 is 14.8 Å². The highest BCUT2D eigenvalue weighted by molar-refractivity contribution is 7.09. The van der Waals surface area contributed by atoms with E-state index in [0.29, 0.717) is 22.8 Å². The Labute approximate surface area is 184 Å². The predicted octanol–water partition coefficient (Wildman–Crippen LogP) is 5.17. The number of pyridine rings is 1. The normalized spacial score (nSPS) is 11.9. The van der Waals surface area contributed by atoms with Gasteiger partial charge >= 0.3 is 0 Å². The first-order valence-electron chi connectivity index (χ1n) is 9.85. The van der Waals surface area contributed by atoms with E-state index >= 15 is 0 Å². The molecule has 0 spiro atoms. The second kappa shape index (κ2) is 8.73. The molecule has 0 aliphatic heterocycles. The number of thiazole rings is 1. The van der Waals surface area contributed by atoms with Crippen molar-refractivity contribution in [2.24, 2.45) is 0 Å². The van der Waals surface area contributed by atoms with Crippen molar-refractivity contribution in [2.75, 3.05) is 14.2 Å². The molecule has 2 heterocycles. The number of nitrogens with zero attached hydrogens (tertiary/aromatic N) is 2. The van der Waals surface area contributed by atoms with Gasteiger partial charge in [-0.3, -0.25) is 4.79 Å². The van der Waals surface area contributed by atoms with Crippen molar-refractivity contribution in [3.8, 4) is 22.8 Å². The summed E-state index contributed by atoms with van der Waals surface area (Å²) in [7, 11) is 3.19. The molecule has 0 radical (unpaired) electrons. The van der Waals surface area contributed by atoms with Gasteiger partial charge in [0.15, 0.2) is 11.5 Å². The first-order valence-corrected chi connectivity index (χ1v) is 10.7. The summed E-state index contributed by atoms with van der Waals surface area (Å²) in [6.45, 7) is 3.89. The number of benzene rings is 2. The Kier molecular flexibility index (Phi) is 5.86. The Bertz CT molecular complexity index is 1250. The van der Waals surface area contributed by atoms with E-state index in [0.717, 1.165) is 27.2 Å². The van der Waals surface area contributed by atoms with Gasteiger partial charge in [-0.05, 0) is 44.2 Å². The third-order valence-electron chi connectivity index (χ3n) is 5.07. The summed E-state index contributed by atoms with van der Waals surface area (Å²) in [5.41, 5.74) is 3.68. The maximum Gasteiger partial charge on any atom is 0.252 e. The van der Waals surface area contributed by atoms with Gasteiger partial charge in [-0.15, -0.1) is 11.3 Å². The zero-order chi connectivity index (χ0) is 22.0. The van der Waals surface area contributed by atoms with E-state index in [1.54, 1.807) is 25.6 Å². The summed E-state index contributed by atoms with van der Waals surface area (Å²) >= 11 is 1.57. The van der Waals surface area contributed by atoms with Gasteiger partial charge in [0.25, 0.3) is 5.91 Å². The van der Waals surface area contributed by atoms with Crippen LogP contribution in [0.2, 0.25) is 0 Å². The summed E-state index contributed by atoms with van der Waals surface area (Å²) < 4.78 is 10.8. The van der Waals surface area contributed by atoms with E-state index < -0.39 is 0 Å². The number of aromatic nitrogens is 2. The van der Waals surface area contributed by atoms with E-state index in [1.807, 2.05) is 67.8 Å². The molecule has 1 atom stereocenters. The van der Waals surface area contributed by atoms with Gasteiger partial charge in [-0.1, -0.05) is 18.2 Å². The highest BCUT2D eigenvalue weighted by Gasteiger charge is 2.18. The lowest BCUT2D eigenvalue weighted by atomic mass is 10.0. The molecule has 6 nitrogen and oxygen atoms in total. The molecule has 4 aromatic rings. The lowest BCUT2D eigenvalue weighted by Crippen LogP contribution is -2.27. The smallest absolute Gasteiger partial charge is 0.252 e. The minimum Gasteiger partial charge on any atom is -0.493 e. The Morgan fingerprint density at radius 3 is 2.52 bits per heavy atom. The Hall–Kier alpha value is -3.45. The van der Waals surface area contributed by atoms with Gasteiger partial charge in [-0.2, -0.15) is 0 Å². The summed E-state index contributed by atoms with van der Waals surface area (Å²) in [4.78, 5) is 22.5.